The minimum Gasteiger partial charge on any atom is -0.494 e. The van der Waals surface area contributed by atoms with Crippen LogP contribution in [0.1, 0.15) is 19.4 Å². The molecule has 0 fully saturated rings. The first kappa shape index (κ1) is 12.4. The number of benzene rings is 1. The molecule has 2 N–H and O–H groups in total. The first-order chi connectivity index (χ1) is 7.76. The summed E-state index contributed by atoms with van der Waals surface area (Å²) in [6, 6.07) is 7.54. The lowest BCUT2D eigenvalue weighted by molar-refractivity contribution is 0.241. The van der Waals surface area contributed by atoms with Crippen LogP contribution >= 0.6 is 0 Å². The molecule has 0 saturated heterocycles. The van der Waals surface area contributed by atoms with Crippen LogP contribution in [0, 0.1) is 0 Å². The number of amides is 2. The standard InChI is InChI=1S/C12H18N2O2/c1-3-13-12(15)14-9-10-5-7-11(8-6-10)16-4-2/h5-8H,3-4,9H2,1-2H3,(H2,13,14,15). The number of hydrogen-bond acceptors (Lipinski definition) is 2. The SMILES string of the molecule is CCNC(=O)NCc1ccc(OCC)cc1. The van der Waals surface area contributed by atoms with Crippen LogP contribution in [0.2, 0.25) is 0 Å². The van der Waals surface area contributed by atoms with Gasteiger partial charge in [-0.15, -0.1) is 0 Å². The minimum absolute atomic E-state index is 0.142. The second-order valence-corrected chi connectivity index (χ2v) is 3.29. The largest absolute Gasteiger partial charge is 0.494 e. The fraction of sp³-hybridized carbons (Fsp3) is 0.417. The summed E-state index contributed by atoms with van der Waals surface area (Å²) in [4.78, 5) is 11.1. The Kier molecular flexibility index (Phi) is 5.19. The molecule has 0 aliphatic carbocycles. The van der Waals surface area contributed by atoms with E-state index in [-0.39, 0.29) is 6.03 Å². The summed E-state index contributed by atoms with van der Waals surface area (Å²) in [6.45, 7) is 5.66. The van der Waals surface area contributed by atoms with Gasteiger partial charge in [-0.3, -0.25) is 0 Å². The fourth-order valence-corrected chi connectivity index (χ4v) is 1.28. The maximum absolute atomic E-state index is 11.1. The van der Waals surface area contributed by atoms with Crippen LogP contribution in [0.4, 0.5) is 4.79 Å². The molecule has 0 saturated carbocycles. The monoisotopic (exact) mass is 222 g/mol. The molecular formula is C12H18N2O2. The van der Waals surface area contributed by atoms with Crippen molar-refractivity contribution in [2.75, 3.05) is 13.2 Å². The summed E-state index contributed by atoms with van der Waals surface area (Å²) in [5, 5.41) is 5.43. The van der Waals surface area contributed by atoms with Crippen LogP contribution in [0.5, 0.6) is 5.75 Å². The van der Waals surface area contributed by atoms with Gasteiger partial charge < -0.3 is 15.4 Å². The highest BCUT2D eigenvalue weighted by molar-refractivity contribution is 5.73. The van der Waals surface area contributed by atoms with Crippen molar-refractivity contribution in [3.63, 3.8) is 0 Å². The molecule has 4 heteroatoms. The zero-order valence-corrected chi connectivity index (χ0v) is 9.75. The van der Waals surface area contributed by atoms with Gasteiger partial charge in [0, 0.05) is 13.1 Å². The van der Waals surface area contributed by atoms with Gasteiger partial charge in [-0.2, -0.15) is 0 Å². The summed E-state index contributed by atoms with van der Waals surface area (Å²) in [7, 11) is 0. The van der Waals surface area contributed by atoms with Gasteiger partial charge in [0.25, 0.3) is 0 Å². The van der Waals surface area contributed by atoms with Crippen molar-refractivity contribution in [1.29, 1.82) is 0 Å². The van der Waals surface area contributed by atoms with Gasteiger partial charge >= 0.3 is 6.03 Å². The number of hydrogen-bond donors (Lipinski definition) is 2. The minimum atomic E-state index is -0.142. The summed E-state index contributed by atoms with van der Waals surface area (Å²) in [5.41, 5.74) is 1.05. The van der Waals surface area contributed by atoms with Gasteiger partial charge in [-0.1, -0.05) is 12.1 Å². The van der Waals surface area contributed by atoms with Crippen molar-refractivity contribution in [2.45, 2.75) is 20.4 Å². The zero-order valence-electron chi connectivity index (χ0n) is 9.75. The molecule has 16 heavy (non-hydrogen) atoms. The molecule has 0 atom stereocenters. The van der Waals surface area contributed by atoms with Crippen LogP contribution in [0.25, 0.3) is 0 Å². The van der Waals surface area contributed by atoms with Crippen LogP contribution in [-0.2, 0) is 6.54 Å². The number of carbonyl (C=O) groups excluding carboxylic acids is 1. The molecule has 0 aliphatic rings. The highest BCUT2D eigenvalue weighted by Crippen LogP contribution is 2.11. The van der Waals surface area contributed by atoms with Gasteiger partial charge in [0.1, 0.15) is 5.75 Å². The lowest BCUT2D eigenvalue weighted by Crippen LogP contribution is -2.34. The normalized spacial score (nSPS) is 9.62. The Labute approximate surface area is 96.0 Å². The van der Waals surface area contributed by atoms with Crippen molar-refractivity contribution < 1.29 is 9.53 Å². The summed E-state index contributed by atoms with van der Waals surface area (Å²) < 4.78 is 5.33. The Bertz CT molecular complexity index is 322. The number of carbonyl (C=O) groups is 1. The maximum atomic E-state index is 11.1. The predicted octanol–water partition coefficient (Wildman–Crippen LogP) is 1.90. The van der Waals surface area contributed by atoms with E-state index >= 15 is 0 Å². The van der Waals surface area contributed by atoms with Crippen molar-refractivity contribution in [1.82, 2.24) is 10.6 Å². The molecule has 0 spiro atoms. The Morgan fingerprint density at radius 3 is 2.44 bits per heavy atom. The molecule has 1 aromatic rings. The van der Waals surface area contributed by atoms with E-state index in [0.717, 1.165) is 11.3 Å². The molecular weight excluding hydrogens is 204 g/mol. The molecule has 0 aliphatic heterocycles. The van der Waals surface area contributed by atoms with Crippen molar-refractivity contribution in [3.05, 3.63) is 29.8 Å². The zero-order chi connectivity index (χ0) is 11.8. The van der Waals surface area contributed by atoms with Gasteiger partial charge in [-0.05, 0) is 31.5 Å². The van der Waals surface area contributed by atoms with Crippen LogP contribution in [0.3, 0.4) is 0 Å². The molecule has 0 aromatic heterocycles. The van der Waals surface area contributed by atoms with E-state index in [1.54, 1.807) is 0 Å². The van der Waals surface area contributed by atoms with E-state index in [9.17, 15) is 4.79 Å². The number of rotatable bonds is 5. The Balaban J connectivity index is 2.40. The van der Waals surface area contributed by atoms with E-state index in [1.165, 1.54) is 0 Å². The number of urea groups is 1. The fourth-order valence-electron chi connectivity index (χ4n) is 1.28. The smallest absolute Gasteiger partial charge is 0.315 e. The highest BCUT2D eigenvalue weighted by Gasteiger charge is 1.98. The van der Waals surface area contributed by atoms with Gasteiger partial charge in [-0.25, -0.2) is 4.79 Å². The third-order valence-electron chi connectivity index (χ3n) is 2.02. The Morgan fingerprint density at radius 1 is 1.19 bits per heavy atom. The van der Waals surface area contributed by atoms with E-state index in [2.05, 4.69) is 10.6 Å². The lowest BCUT2D eigenvalue weighted by Gasteiger charge is -2.07. The maximum Gasteiger partial charge on any atom is 0.315 e. The van der Waals surface area contributed by atoms with Crippen LogP contribution < -0.4 is 15.4 Å². The van der Waals surface area contributed by atoms with Gasteiger partial charge in [0.2, 0.25) is 0 Å². The molecule has 0 heterocycles. The third-order valence-corrected chi connectivity index (χ3v) is 2.02. The molecule has 1 rings (SSSR count). The second-order valence-electron chi connectivity index (χ2n) is 3.29. The van der Waals surface area contributed by atoms with E-state index in [1.807, 2.05) is 38.1 Å². The number of nitrogens with one attached hydrogen (secondary N) is 2. The van der Waals surface area contributed by atoms with E-state index < -0.39 is 0 Å². The summed E-state index contributed by atoms with van der Waals surface area (Å²) >= 11 is 0. The molecule has 0 bridgehead atoms. The van der Waals surface area contributed by atoms with Crippen molar-refractivity contribution in [2.24, 2.45) is 0 Å². The number of ether oxygens (including phenoxy) is 1. The second kappa shape index (κ2) is 6.71. The first-order valence-corrected chi connectivity index (χ1v) is 5.49. The highest BCUT2D eigenvalue weighted by atomic mass is 16.5. The van der Waals surface area contributed by atoms with E-state index in [0.29, 0.717) is 19.7 Å². The molecule has 2 amide bonds. The van der Waals surface area contributed by atoms with Crippen LogP contribution in [0.15, 0.2) is 24.3 Å². The first-order valence-electron chi connectivity index (χ1n) is 5.49. The molecule has 1 aromatic carbocycles. The Hall–Kier alpha value is -1.71. The topological polar surface area (TPSA) is 50.4 Å². The third kappa shape index (κ3) is 4.21. The van der Waals surface area contributed by atoms with Crippen molar-refractivity contribution in [3.8, 4) is 5.75 Å². The van der Waals surface area contributed by atoms with Gasteiger partial charge in [0.15, 0.2) is 0 Å². The lowest BCUT2D eigenvalue weighted by atomic mass is 10.2. The molecule has 4 nitrogen and oxygen atoms in total. The van der Waals surface area contributed by atoms with Gasteiger partial charge in [0.05, 0.1) is 6.61 Å². The van der Waals surface area contributed by atoms with Crippen LogP contribution in [-0.4, -0.2) is 19.2 Å². The molecule has 0 unspecified atom stereocenters. The molecule has 88 valence electrons. The van der Waals surface area contributed by atoms with Crippen molar-refractivity contribution >= 4 is 6.03 Å². The molecule has 0 radical (unpaired) electrons. The summed E-state index contributed by atoms with van der Waals surface area (Å²) in [5.74, 6) is 0.851. The average molecular weight is 222 g/mol. The van der Waals surface area contributed by atoms with E-state index in [4.69, 9.17) is 4.74 Å². The average Bonchev–Trinajstić information content (AvgIpc) is 2.29. The predicted molar refractivity (Wildman–Crippen MR) is 63.5 cm³/mol. The quantitative estimate of drug-likeness (QED) is 0.799. The Morgan fingerprint density at radius 2 is 1.88 bits per heavy atom. The summed E-state index contributed by atoms with van der Waals surface area (Å²) in [6.07, 6.45) is 0.